The van der Waals surface area contributed by atoms with E-state index in [0.29, 0.717) is 11.3 Å². The highest BCUT2D eigenvalue weighted by atomic mass is 16.5. The Morgan fingerprint density at radius 3 is 2.75 bits per heavy atom. The van der Waals surface area contributed by atoms with Gasteiger partial charge in [-0.1, -0.05) is 18.2 Å². The minimum Gasteiger partial charge on any atom is -0.485 e. The van der Waals surface area contributed by atoms with E-state index in [0.717, 1.165) is 33.2 Å². The monoisotopic (exact) mass is 371 g/mol. The summed E-state index contributed by atoms with van der Waals surface area (Å²) < 4.78 is 11.5. The average Bonchev–Trinajstić information content (AvgIpc) is 3.22. The Morgan fingerprint density at radius 1 is 1.04 bits per heavy atom. The average molecular weight is 371 g/mol. The van der Waals surface area contributed by atoms with E-state index in [1.54, 1.807) is 24.3 Å². The summed E-state index contributed by atoms with van der Waals surface area (Å²) in [5.74, 6) is 0.183. The number of Topliss-reactive ketones (excluding diaryl/α,β-unsaturated/α-hetero) is 1. The first kappa shape index (κ1) is 16.6. The van der Waals surface area contributed by atoms with Gasteiger partial charge in [-0.3, -0.25) is 9.59 Å². The minimum atomic E-state index is -0.250. The Kier molecular flexibility index (Phi) is 3.69. The number of hydrogen-bond donors (Lipinski definition) is 1. The van der Waals surface area contributed by atoms with Crippen LogP contribution >= 0.6 is 0 Å². The van der Waals surface area contributed by atoms with Crippen molar-refractivity contribution < 1.29 is 18.7 Å². The van der Waals surface area contributed by atoms with Crippen LogP contribution in [0.1, 0.15) is 28.8 Å². The molecule has 1 aliphatic rings. The minimum absolute atomic E-state index is 0.0449. The molecule has 28 heavy (non-hydrogen) atoms. The Balaban J connectivity index is 1.37. The van der Waals surface area contributed by atoms with Gasteiger partial charge in [0.2, 0.25) is 5.91 Å². The largest absolute Gasteiger partial charge is 0.485 e. The van der Waals surface area contributed by atoms with Crippen molar-refractivity contribution in [3.63, 3.8) is 0 Å². The van der Waals surface area contributed by atoms with E-state index in [1.807, 2.05) is 43.3 Å². The number of anilines is 1. The van der Waals surface area contributed by atoms with Gasteiger partial charge in [0.15, 0.2) is 12.4 Å². The summed E-state index contributed by atoms with van der Waals surface area (Å²) >= 11 is 0. The number of ketones is 1. The van der Waals surface area contributed by atoms with Gasteiger partial charge in [0.25, 0.3) is 0 Å². The predicted octanol–water partition coefficient (Wildman–Crippen LogP) is 4.90. The molecule has 0 fully saturated rings. The maximum Gasteiger partial charge on any atom is 0.231 e. The fraction of sp³-hybridized carbons (Fsp3) is 0.130. The molecule has 0 radical (unpaired) electrons. The molecule has 138 valence electrons. The first-order chi connectivity index (χ1) is 13.6. The van der Waals surface area contributed by atoms with Gasteiger partial charge in [-0.15, -0.1) is 0 Å². The standard InChI is InChI=1S/C23H17NO4/c1-13-17-10-14(6-8-19(17)24-23(13)26)20(25)12-27-15-7-9-22-18(11-15)16-4-2-3-5-21(16)28-22/h2-11,13H,12H2,1H3,(H,24,26)/t13-/m1/s1. The van der Waals surface area contributed by atoms with E-state index in [2.05, 4.69) is 5.32 Å². The highest BCUT2D eigenvalue weighted by molar-refractivity contribution is 6.06. The molecule has 0 aliphatic carbocycles. The lowest BCUT2D eigenvalue weighted by Crippen LogP contribution is -2.12. The van der Waals surface area contributed by atoms with Crippen LogP contribution in [0.3, 0.4) is 0 Å². The van der Waals surface area contributed by atoms with Crippen molar-refractivity contribution in [2.75, 3.05) is 11.9 Å². The number of carbonyl (C=O) groups excluding carboxylic acids is 2. The number of furan rings is 1. The number of amides is 1. The van der Waals surface area contributed by atoms with Gasteiger partial charge < -0.3 is 14.5 Å². The molecule has 0 unspecified atom stereocenters. The highest BCUT2D eigenvalue weighted by Crippen LogP contribution is 2.33. The SMILES string of the molecule is C[C@H]1C(=O)Nc2ccc(C(=O)COc3ccc4oc5ccccc5c4c3)cc21. The van der Waals surface area contributed by atoms with E-state index in [-0.39, 0.29) is 24.2 Å². The molecule has 1 atom stereocenters. The summed E-state index contributed by atoms with van der Waals surface area (Å²) in [6.45, 7) is 1.76. The van der Waals surface area contributed by atoms with Gasteiger partial charge in [0, 0.05) is 22.0 Å². The van der Waals surface area contributed by atoms with Crippen LogP contribution in [0.4, 0.5) is 5.69 Å². The molecule has 5 heteroatoms. The Hall–Kier alpha value is -3.60. The molecule has 1 amide bonds. The van der Waals surface area contributed by atoms with Gasteiger partial charge in [-0.05, 0) is 55.0 Å². The van der Waals surface area contributed by atoms with E-state index < -0.39 is 0 Å². The van der Waals surface area contributed by atoms with Gasteiger partial charge in [-0.2, -0.15) is 0 Å². The lowest BCUT2D eigenvalue weighted by molar-refractivity contribution is -0.116. The number of carbonyl (C=O) groups is 2. The van der Waals surface area contributed by atoms with Crippen LogP contribution in [0.25, 0.3) is 21.9 Å². The third-order valence-corrected chi connectivity index (χ3v) is 5.21. The number of rotatable bonds is 4. The summed E-state index contributed by atoms with van der Waals surface area (Å²) in [5, 5.41) is 4.78. The molecule has 0 bridgehead atoms. The Labute approximate surface area is 160 Å². The third-order valence-electron chi connectivity index (χ3n) is 5.21. The highest BCUT2D eigenvalue weighted by Gasteiger charge is 2.27. The van der Waals surface area contributed by atoms with Crippen LogP contribution in [0.15, 0.2) is 65.1 Å². The van der Waals surface area contributed by atoms with Crippen molar-refractivity contribution in [3.05, 3.63) is 71.8 Å². The first-order valence-electron chi connectivity index (χ1n) is 9.12. The number of benzene rings is 3. The van der Waals surface area contributed by atoms with Gasteiger partial charge in [0.1, 0.15) is 16.9 Å². The van der Waals surface area contributed by atoms with Gasteiger partial charge in [-0.25, -0.2) is 0 Å². The molecule has 0 saturated heterocycles. The van der Waals surface area contributed by atoms with Crippen molar-refractivity contribution in [1.82, 2.24) is 0 Å². The second-order valence-corrected chi connectivity index (χ2v) is 6.98. The fourth-order valence-electron chi connectivity index (χ4n) is 3.62. The van der Waals surface area contributed by atoms with Gasteiger partial charge >= 0.3 is 0 Å². The maximum absolute atomic E-state index is 12.6. The number of nitrogens with one attached hydrogen (secondary N) is 1. The predicted molar refractivity (Wildman–Crippen MR) is 107 cm³/mol. The zero-order valence-electron chi connectivity index (χ0n) is 15.2. The number of hydrogen-bond acceptors (Lipinski definition) is 4. The first-order valence-corrected chi connectivity index (χ1v) is 9.12. The van der Waals surface area contributed by atoms with Crippen LogP contribution in [0.5, 0.6) is 5.75 Å². The molecule has 4 aromatic rings. The van der Waals surface area contributed by atoms with Crippen LogP contribution in [-0.2, 0) is 4.79 Å². The van der Waals surface area contributed by atoms with Gasteiger partial charge in [0.05, 0.1) is 5.92 Å². The van der Waals surface area contributed by atoms with Crippen LogP contribution in [0.2, 0.25) is 0 Å². The van der Waals surface area contributed by atoms with Crippen molar-refractivity contribution in [2.45, 2.75) is 12.8 Å². The summed E-state index contributed by atoms with van der Waals surface area (Å²) in [7, 11) is 0. The van der Waals surface area contributed by atoms with E-state index in [4.69, 9.17) is 9.15 Å². The van der Waals surface area contributed by atoms with E-state index >= 15 is 0 Å². The van der Waals surface area contributed by atoms with Crippen molar-refractivity contribution in [2.24, 2.45) is 0 Å². The second-order valence-electron chi connectivity index (χ2n) is 6.98. The summed E-state index contributed by atoms with van der Waals surface area (Å²) in [6, 6.07) is 18.6. The molecule has 2 heterocycles. The Morgan fingerprint density at radius 2 is 1.86 bits per heavy atom. The normalized spacial score (nSPS) is 15.6. The number of fused-ring (bicyclic) bond motifs is 4. The quantitative estimate of drug-likeness (QED) is 0.518. The van der Waals surface area contributed by atoms with Crippen molar-refractivity contribution >= 4 is 39.3 Å². The lowest BCUT2D eigenvalue weighted by Gasteiger charge is -2.08. The second kappa shape index (κ2) is 6.23. The Bertz CT molecular complexity index is 1250. The smallest absolute Gasteiger partial charge is 0.231 e. The summed E-state index contributed by atoms with van der Waals surface area (Å²) in [4.78, 5) is 24.4. The summed E-state index contributed by atoms with van der Waals surface area (Å²) in [6.07, 6.45) is 0. The number of para-hydroxylation sites is 1. The van der Waals surface area contributed by atoms with E-state index in [1.165, 1.54) is 0 Å². The van der Waals surface area contributed by atoms with Crippen molar-refractivity contribution in [3.8, 4) is 5.75 Å². The molecular weight excluding hydrogens is 354 g/mol. The zero-order valence-corrected chi connectivity index (χ0v) is 15.2. The molecule has 1 aliphatic heterocycles. The third kappa shape index (κ3) is 2.63. The van der Waals surface area contributed by atoms with Crippen LogP contribution in [-0.4, -0.2) is 18.3 Å². The lowest BCUT2D eigenvalue weighted by atomic mass is 9.99. The maximum atomic E-state index is 12.6. The number of ether oxygens (including phenoxy) is 1. The molecule has 3 aromatic carbocycles. The fourth-order valence-corrected chi connectivity index (χ4v) is 3.62. The molecule has 5 nitrogen and oxygen atoms in total. The van der Waals surface area contributed by atoms with Crippen LogP contribution < -0.4 is 10.1 Å². The molecular formula is C23H17NO4. The van der Waals surface area contributed by atoms with E-state index in [9.17, 15) is 9.59 Å². The molecule has 5 rings (SSSR count). The molecule has 0 saturated carbocycles. The molecule has 0 spiro atoms. The molecule has 1 N–H and O–H groups in total. The zero-order chi connectivity index (χ0) is 19.3. The van der Waals surface area contributed by atoms with Crippen molar-refractivity contribution in [1.29, 1.82) is 0 Å². The topological polar surface area (TPSA) is 68.5 Å². The molecule has 1 aromatic heterocycles. The summed E-state index contributed by atoms with van der Waals surface area (Å²) in [5.41, 5.74) is 3.76. The van der Waals surface area contributed by atoms with Crippen LogP contribution in [0, 0.1) is 0 Å².